The maximum absolute atomic E-state index is 5.17. The number of hydrogen-bond acceptors (Lipinski definition) is 5. The van der Waals surface area contributed by atoms with Crippen molar-refractivity contribution in [3.05, 3.63) is 24.5 Å². The first-order valence-corrected chi connectivity index (χ1v) is 7.88. The molecule has 2 aromatic heterocycles. The van der Waals surface area contributed by atoms with Gasteiger partial charge in [0.2, 0.25) is 0 Å². The highest BCUT2D eigenvalue weighted by Crippen LogP contribution is 2.29. The molecule has 2 rings (SSSR count). The predicted molar refractivity (Wildman–Crippen MR) is 86.0 cm³/mol. The van der Waals surface area contributed by atoms with Gasteiger partial charge in [-0.2, -0.15) is 0 Å². The monoisotopic (exact) mass is 439 g/mol. The van der Waals surface area contributed by atoms with Gasteiger partial charge >= 0.3 is 0 Å². The molecule has 0 saturated carbocycles. The third-order valence-corrected chi connectivity index (χ3v) is 4.90. The molecular weight excluding hydrogens is 429 g/mol. The summed E-state index contributed by atoms with van der Waals surface area (Å²) < 4.78 is 7.24. The van der Waals surface area contributed by atoms with Crippen molar-refractivity contribution in [3.63, 3.8) is 0 Å². The standard InChI is InChI=1S/C11H11BrIN3OS/c1-14-11-9(13)7(4-17-2)15-10(16-11)6-3-8(12)18-5-6/h3,5H,4H2,1-2H3,(H,14,15,16). The maximum atomic E-state index is 5.17. The van der Waals surface area contributed by atoms with Crippen molar-refractivity contribution in [1.82, 2.24) is 9.97 Å². The second-order valence-corrected chi connectivity index (χ2v) is 6.85. The van der Waals surface area contributed by atoms with Crippen molar-refractivity contribution in [2.75, 3.05) is 19.5 Å². The van der Waals surface area contributed by atoms with Gasteiger partial charge in [0.15, 0.2) is 5.82 Å². The van der Waals surface area contributed by atoms with E-state index >= 15 is 0 Å². The Bertz CT molecular complexity index is 561. The highest BCUT2D eigenvalue weighted by atomic mass is 127. The number of ether oxygens (including phenoxy) is 1. The van der Waals surface area contributed by atoms with Crippen LogP contribution in [-0.4, -0.2) is 24.1 Å². The highest BCUT2D eigenvalue weighted by Gasteiger charge is 2.13. The van der Waals surface area contributed by atoms with Gasteiger partial charge in [0.25, 0.3) is 0 Å². The van der Waals surface area contributed by atoms with Gasteiger partial charge in [-0.05, 0) is 44.6 Å². The summed E-state index contributed by atoms with van der Waals surface area (Å²) >= 11 is 7.30. The first-order chi connectivity index (χ1) is 8.65. The van der Waals surface area contributed by atoms with Gasteiger partial charge in [0, 0.05) is 25.1 Å². The molecule has 0 unspecified atom stereocenters. The topological polar surface area (TPSA) is 47.0 Å². The van der Waals surface area contributed by atoms with Crippen LogP contribution in [0.3, 0.4) is 0 Å². The summed E-state index contributed by atoms with van der Waals surface area (Å²) in [5.74, 6) is 1.55. The average Bonchev–Trinajstić information content (AvgIpc) is 2.79. The molecular formula is C11H11BrIN3OS. The van der Waals surface area contributed by atoms with Crippen molar-refractivity contribution in [2.45, 2.75) is 6.61 Å². The van der Waals surface area contributed by atoms with Crippen LogP contribution in [0.15, 0.2) is 15.2 Å². The predicted octanol–water partition coefficient (Wildman–Crippen LogP) is 3.76. The van der Waals surface area contributed by atoms with E-state index in [1.165, 1.54) is 0 Å². The number of nitrogens with one attached hydrogen (secondary N) is 1. The minimum Gasteiger partial charge on any atom is -0.378 e. The van der Waals surface area contributed by atoms with Gasteiger partial charge in [0.1, 0.15) is 5.82 Å². The zero-order valence-electron chi connectivity index (χ0n) is 9.83. The van der Waals surface area contributed by atoms with Gasteiger partial charge in [-0.1, -0.05) is 0 Å². The molecule has 0 saturated heterocycles. The lowest BCUT2D eigenvalue weighted by atomic mass is 10.3. The molecule has 7 heteroatoms. The van der Waals surface area contributed by atoms with E-state index < -0.39 is 0 Å². The Labute approximate surface area is 131 Å². The Kier molecular flexibility index (Phi) is 4.93. The normalized spacial score (nSPS) is 10.7. The van der Waals surface area contributed by atoms with E-state index in [1.54, 1.807) is 18.4 Å². The zero-order chi connectivity index (χ0) is 13.1. The zero-order valence-corrected chi connectivity index (χ0v) is 14.4. The van der Waals surface area contributed by atoms with Crippen LogP contribution in [0.5, 0.6) is 0 Å². The second kappa shape index (κ2) is 6.27. The fourth-order valence-electron chi connectivity index (χ4n) is 1.45. The highest BCUT2D eigenvalue weighted by molar-refractivity contribution is 14.1. The summed E-state index contributed by atoms with van der Waals surface area (Å²) in [6, 6.07) is 2.02. The third kappa shape index (κ3) is 3.01. The molecule has 1 N–H and O–H groups in total. The van der Waals surface area contributed by atoms with Crippen LogP contribution in [0.25, 0.3) is 11.4 Å². The number of methoxy groups -OCH3 is 1. The van der Waals surface area contributed by atoms with E-state index in [2.05, 4.69) is 53.8 Å². The maximum Gasteiger partial charge on any atom is 0.162 e. The first-order valence-electron chi connectivity index (χ1n) is 5.13. The molecule has 96 valence electrons. The van der Waals surface area contributed by atoms with E-state index in [4.69, 9.17) is 4.74 Å². The SMILES string of the molecule is CNc1nc(-c2csc(Br)c2)nc(COC)c1I. The lowest BCUT2D eigenvalue weighted by Crippen LogP contribution is -2.05. The van der Waals surface area contributed by atoms with Crippen molar-refractivity contribution in [2.24, 2.45) is 0 Å². The molecule has 0 aliphatic rings. The summed E-state index contributed by atoms with van der Waals surface area (Å²) in [7, 11) is 3.52. The third-order valence-electron chi connectivity index (χ3n) is 2.26. The molecule has 18 heavy (non-hydrogen) atoms. The van der Waals surface area contributed by atoms with E-state index in [1.807, 2.05) is 18.5 Å². The van der Waals surface area contributed by atoms with Gasteiger partial charge in [-0.25, -0.2) is 9.97 Å². The summed E-state index contributed by atoms with van der Waals surface area (Å²) in [5.41, 5.74) is 1.91. The Morgan fingerprint density at radius 2 is 2.28 bits per heavy atom. The number of halogens is 2. The lowest BCUT2D eigenvalue weighted by molar-refractivity contribution is 0.181. The number of anilines is 1. The molecule has 0 fully saturated rings. The summed E-state index contributed by atoms with van der Waals surface area (Å²) in [6.45, 7) is 0.480. The molecule has 2 aromatic rings. The molecule has 2 heterocycles. The Balaban J connectivity index is 2.51. The summed E-state index contributed by atoms with van der Waals surface area (Å²) in [6.07, 6.45) is 0. The fourth-order valence-corrected chi connectivity index (χ4v) is 3.25. The molecule has 0 atom stereocenters. The summed E-state index contributed by atoms with van der Waals surface area (Å²) in [4.78, 5) is 9.07. The molecule has 0 bridgehead atoms. The van der Waals surface area contributed by atoms with Crippen LogP contribution >= 0.6 is 49.9 Å². The quantitative estimate of drug-likeness (QED) is 0.736. The average molecular weight is 440 g/mol. The molecule has 0 aromatic carbocycles. The van der Waals surface area contributed by atoms with Crippen LogP contribution in [0.1, 0.15) is 5.69 Å². The molecule has 0 radical (unpaired) electrons. The van der Waals surface area contributed by atoms with Gasteiger partial charge in [0.05, 0.1) is 19.7 Å². The first kappa shape index (κ1) is 14.2. The number of nitrogens with zero attached hydrogens (tertiary/aromatic N) is 2. The minimum atomic E-state index is 0.480. The van der Waals surface area contributed by atoms with E-state index in [9.17, 15) is 0 Å². The molecule has 0 amide bonds. The van der Waals surface area contributed by atoms with Crippen LogP contribution in [0, 0.1) is 3.57 Å². The lowest BCUT2D eigenvalue weighted by Gasteiger charge is -2.09. The van der Waals surface area contributed by atoms with Crippen molar-refractivity contribution in [3.8, 4) is 11.4 Å². The minimum absolute atomic E-state index is 0.480. The number of hydrogen-bond donors (Lipinski definition) is 1. The van der Waals surface area contributed by atoms with Crippen LogP contribution in [-0.2, 0) is 11.3 Å². The molecule has 0 aliphatic carbocycles. The van der Waals surface area contributed by atoms with Crippen molar-refractivity contribution in [1.29, 1.82) is 0 Å². The second-order valence-electron chi connectivity index (χ2n) is 3.48. The van der Waals surface area contributed by atoms with E-state index in [0.717, 1.165) is 24.4 Å². The summed E-state index contributed by atoms with van der Waals surface area (Å²) in [5, 5.41) is 5.12. The smallest absolute Gasteiger partial charge is 0.162 e. The van der Waals surface area contributed by atoms with Crippen LogP contribution < -0.4 is 5.32 Å². The Morgan fingerprint density at radius 1 is 1.50 bits per heavy atom. The van der Waals surface area contributed by atoms with E-state index in [-0.39, 0.29) is 0 Å². The fraction of sp³-hybridized carbons (Fsp3) is 0.273. The number of rotatable bonds is 4. The van der Waals surface area contributed by atoms with Gasteiger partial charge in [-0.3, -0.25) is 0 Å². The largest absolute Gasteiger partial charge is 0.378 e. The van der Waals surface area contributed by atoms with Crippen LogP contribution in [0.2, 0.25) is 0 Å². The van der Waals surface area contributed by atoms with E-state index in [0.29, 0.717) is 12.4 Å². The Hall–Kier alpha value is -0.250. The van der Waals surface area contributed by atoms with Crippen LogP contribution in [0.4, 0.5) is 5.82 Å². The number of thiophene rings is 1. The Morgan fingerprint density at radius 3 is 2.83 bits per heavy atom. The molecule has 4 nitrogen and oxygen atoms in total. The molecule has 0 spiro atoms. The van der Waals surface area contributed by atoms with Crippen molar-refractivity contribution >= 4 is 55.7 Å². The molecule has 0 aliphatic heterocycles. The number of aromatic nitrogens is 2. The van der Waals surface area contributed by atoms with Gasteiger partial charge < -0.3 is 10.1 Å². The van der Waals surface area contributed by atoms with Crippen molar-refractivity contribution < 1.29 is 4.74 Å². The van der Waals surface area contributed by atoms with Gasteiger partial charge in [-0.15, -0.1) is 11.3 Å².